The quantitative estimate of drug-likeness (QED) is 0.708. The minimum Gasteiger partial charge on any atom is -0.399 e. The van der Waals surface area contributed by atoms with Crippen LogP contribution in [-0.4, -0.2) is 18.5 Å². The topological polar surface area (TPSA) is 29.3 Å². The van der Waals surface area contributed by atoms with Gasteiger partial charge < -0.3 is 10.6 Å². The van der Waals surface area contributed by atoms with Gasteiger partial charge in [-0.1, -0.05) is 12.2 Å². The van der Waals surface area contributed by atoms with Crippen molar-refractivity contribution < 1.29 is 0 Å². The van der Waals surface area contributed by atoms with Gasteiger partial charge in [0.05, 0.1) is 0 Å². The van der Waals surface area contributed by atoms with Crippen LogP contribution in [0.3, 0.4) is 0 Å². The molecule has 0 aromatic heterocycles. The van der Waals surface area contributed by atoms with E-state index >= 15 is 0 Å². The van der Waals surface area contributed by atoms with Crippen LogP contribution < -0.4 is 5.73 Å². The molecule has 0 spiro atoms. The molecule has 80 valence electrons. The SMILES string of the molecule is C=C(C)c1cc(N)cc2c1CCN(C)C2. The Balaban J connectivity index is 2.54. The second-order valence-corrected chi connectivity index (χ2v) is 4.47. The molecular formula is C13H18N2. The van der Waals surface area contributed by atoms with E-state index in [1.807, 2.05) is 13.0 Å². The highest BCUT2D eigenvalue weighted by molar-refractivity contribution is 5.70. The Hall–Kier alpha value is -1.28. The normalized spacial score (nSPS) is 16.1. The van der Waals surface area contributed by atoms with Gasteiger partial charge in [0.2, 0.25) is 0 Å². The maximum atomic E-state index is 5.91. The second-order valence-electron chi connectivity index (χ2n) is 4.47. The number of nitrogens with zero attached hydrogens (tertiary/aromatic N) is 1. The zero-order valence-electron chi connectivity index (χ0n) is 9.51. The van der Waals surface area contributed by atoms with Crippen molar-refractivity contribution in [2.24, 2.45) is 0 Å². The van der Waals surface area contributed by atoms with Crippen molar-refractivity contribution in [2.45, 2.75) is 19.9 Å². The lowest BCUT2D eigenvalue weighted by atomic mass is 9.91. The van der Waals surface area contributed by atoms with Crippen LogP contribution in [0.1, 0.15) is 23.6 Å². The van der Waals surface area contributed by atoms with Crippen LogP contribution in [0.2, 0.25) is 0 Å². The molecular weight excluding hydrogens is 184 g/mol. The maximum absolute atomic E-state index is 5.91. The lowest BCUT2D eigenvalue weighted by Gasteiger charge is -2.27. The molecule has 0 bridgehead atoms. The number of rotatable bonds is 1. The number of nitrogens with two attached hydrogens (primary N) is 1. The summed E-state index contributed by atoms with van der Waals surface area (Å²) in [5.41, 5.74) is 11.9. The van der Waals surface area contributed by atoms with E-state index in [9.17, 15) is 0 Å². The minimum atomic E-state index is 0.849. The summed E-state index contributed by atoms with van der Waals surface area (Å²) in [6, 6.07) is 4.14. The van der Waals surface area contributed by atoms with Gasteiger partial charge in [-0.15, -0.1) is 0 Å². The fourth-order valence-electron chi connectivity index (χ4n) is 2.25. The molecule has 1 heterocycles. The molecule has 15 heavy (non-hydrogen) atoms. The lowest BCUT2D eigenvalue weighted by Crippen LogP contribution is -2.27. The molecule has 1 aliphatic heterocycles. The highest BCUT2D eigenvalue weighted by Crippen LogP contribution is 2.28. The van der Waals surface area contributed by atoms with Crippen LogP contribution in [0.5, 0.6) is 0 Å². The Bertz CT molecular complexity index is 407. The molecule has 0 radical (unpaired) electrons. The second kappa shape index (κ2) is 3.70. The summed E-state index contributed by atoms with van der Waals surface area (Å²) in [6.45, 7) is 8.20. The van der Waals surface area contributed by atoms with Crippen LogP contribution in [0, 0.1) is 0 Å². The summed E-state index contributed by atoms with van der Waals surface area (Å²) in [5, 5.41) is 0. The number of allylic oxidation sites excluding steroid dienone is 1. The largest absolute Gasteiger partial charge is 0.399 e. The highest BCUT2D eigenvalue weighted by Gasteiger charge is 2.17. The van der Waals surface area contributed by atoms with Crippen molar-refractivity contribution >= 4 is 11.3 Å². The zero-order valence-corrected chi connectivity index (χ0v) is 9.51. The molecule has 2 heteroatoms. The molecule has 2 N–H and O–H groups in total. The molecule has 0 aliphatic carbocycles. The number of hydrogen-bond acceptors (Lipinski definition) is 2. The predicted molar refractivity (Wildman–Crippen MR) is 65.6 cm³/mol. The number of fused-ring (bicyclic) bond motifs is 1. The van der Waals surface area contributed by atoms with E-state index in [1.54, 1.807) is 0 Å². The molecule has 0 fully saturated rings. The van der Waals surface area contributed by atoms with E-state index in [2.05, 4.69) is 24.6 Å². The first-order chi connectivity index (χ1) is 7.08. The van der Waals surface area contributed by atoms with Crippen molar-refractivity contribution in [3.05, 3.63) is 35.4 Å². The molecule has 0 unspecified atom stereocenters. The summed E-state index contributed by atoms with van der Waals surface area (Å²) < 4.78 is 0. The Kier molecular flexibility index (Phi) is 2.53. The van der Waals surface area contributed by atoms with Crippen LogP contribution in [0.15, 0.2) is 18.7 Å². The van der Waals surface area contributed by atoms with E-state index < -0.39 is 0 Å². The number of likely N-dealkylation sites (N-methyl/N-ethyl adjacent to an activating group) is 1. The molecule has 0 saturated carbocycles. The Morgan fingerprint density at radius 3 is 2.87 bits per heavy atom. The van der Waals surface area contributed by atoms with Gasteiger partial charge in [0, 0.05) is 18.8 Å². The lowest BCUT2D eigenvalue weighted by molar-refractivity contribution is 0.313. The van der Waals surface area contributed by atoms with Gasteiger partial charge in [0.25, 0.3) is 0 Å². The maximum Gasteiger partial charge on any atom is 0.0323 e. The average Bonchev–Trinajstić information content (AvgIpc) is 2.15. The summed E-state index contributed by atoms with van der Waals surface area (Å²) in [5.74, 6) is 0. The third-order valence-corrected chi connectivity index (χ3v) is 3.01. The number of anilines is 1. The molecule has 2 nitrogen and oxygen atoms in total. The van der Waals surface area contributed by atoms with Gasteiger partial charge in [0.15, 0.2) is 0 Å². The highest BCUT2D eigenvalue weighted by atomic mass is 15.1. The van der Waals surface area contributed by atoms with Crippen molar-refractivity contribution in [3.8, 4) is 0 Å². The summed E-state index contributed by atoms with van der Waals surface area (Å²) in [6.07, 6.45) is 1.11. The third kappa shape index (κ3) is 1.90. The first-order valence-corrected chi connectivity index (χ1v) is 5.33. The fraction of sp³-hybridized carbons (Fsp3) is 0.385. The van der Waals surface area contributed by atoms with Crippen molar-refractivity contribution in [2.75, 3.05) is 19.3 Å². The van der Waals surface area contributed by atoms with Crippen molar-refractivity contribution in [1.29, 1.82) is 0 Å². The first-order valence-electron chi connectivity index (χ1n) is 5.33. The van der Waals surface area contributed by atoms with Crippen LogP contribution in [0.25, 0.3) is 5.57 Å². The Morgan fingerprint density at radius 1 is 1.47 bits per heavy atom. The average molecular weight is 202 g/mol. The van der Waals surface area contributed by atoms with Crippen LogP contribution >= 0.6 is 0 Å². The van der Waals surface area contributed by atoms with Gasteiger partial charge in [-0.05, 0) is 49.2 Å². The number of benzene rings is 1. The molecule has 2 rings (SSSR count). The van der Waals surface area contributed by atoms with E-state index in [1.165, 1.54) is 16.7 Å². The van der Waals surface area contributed by atoms with Gasteiger partial charge in [0.1, 0.15) is 0 Å². The summed E-state index contributed by atoms with van der Waals surface area (Å²) in [7, 11) is 2.15. The zero-order chi connectivity index (χ0) is 11.0. The van der Waals surface area contributed by atoms with Crippen molar-refractivity contribution in [1.82, 2.24) is 4.90 Å². The van der Waals surface area contributed by atoms with Crippen molar-refractivity contribution in [3.63, 3.8) is 0 Å². The molecule has 1 aromatic rings. The summed E-state index contributed by atoms with van der Waals surface area (Å²) >= 11 is 0. The minimum absolute atomic E-state index is 0.849. The molecule has 0 amide bonds. The fourth-order valence-corrected chi connectivity index (χ4v) is 2.25. The van der Waals surface area contributed by atoms with E-state index in [0.29, 0.717) is 0 Å². The smallest absolute Gasteiger partial charge is 0.0323 e. The predicted octanol–water partition coefficient (Wildman–Crippen LogP) is 2.29. The standard InChI is InChI=1S/C13H18N2/c1-9(2)13-7-11(14)6-10-8-15(3)5-4-12(10)13/h6-7H,1,4-5,8,14H2,2-3H3. The van der Waals surface area contributed by atoms with Crippen LogP contribution in [-0.2, 0) is 13.0 Å². The van der Waals surface area contributed by atoms with E-state index in [4.69, 9.17) is 5.73 Å². The molecule has 0 atom stereocenters. The van der Waals surface area contributed by atoms with Gasteiger partial charge in [-0.3, -0.25) is 0 Å². The molecule has 1 aromatic carbocycles. The third-order valence-electron chi connectivity index (χ3n) is 3.01. The number of nitrogen functional groups attached to an aromatic ring is 1. The van der Waals surface area contributed by atoms with Gasteiger partial charge in [-0.2, -0.15) is 0 Å². The van der Waals surface area contributed by atoms with Gasteiger partial charge >= 0.3 is 0 Å². The molecule has 1 aliphatic rings. The van der Waals surface area contributed by atoms with Crippen LogP contribution in [0.4, 0.5) is 5.69 Å². The molecule has 0 saturated heterocycles. The summed E-state index contributed by atoms with van der Waals surface area (Å²) in [4.78, 5) is 2.32. The van der Waals surface area contributed by atoms with E-state index in [0.717, 1.165) is 30.8 Å². The Labute approximate surface area is 91.4 Å². The van der Waals surface area contributed by atoms with Gasteiger partial charge in [-0.25, -0.2) is 0 Å². The Morgan fingerprint density at radius 2 is 2.20 bits per heavy atom. The first kappa shape index (κ1) is 10.2. The van der Waals surface area contributed by atoms with E-state index in [-0.39, 0.29) is 0 Å². The monoisotopic (exact) mass is 202 g/mol. The number of hydrogen-bond donors (Lipinski definition) is 1.